The molecule has 0 radical (unpaired) electrons. The molecule has 0 aromatic carbocycles. The van der Waals surface area contributed by atoms with Crippen LogP contribution in [0.3, 0.4) is 0 Å². The van der Waals surface area contributed by atoms with Gasteiger partial charge in [0, 0.05) is 0 Å². The van der Waals surface area contributed by atoms with E-state index in [9.17, 15) is 9.59 Å². The first-order valence-corrected chi connectivity index (χ1v) is 3.13. The van der Waals surface area contributed by atoms with E-state index >= 15 is 0 Å². The van der Waals surface area contributed by atoms with Crippen LogP contribution in [0.15, 0.2) is 10.1 Å². The normalized spacial score (nSPS) is 11.9. The van der Waals surface area contributed by atoms with Crippen molar-refractivity contribution in [3.05, 3.63) is 10.1 Å². The Labute approximate surface area is 72.3 Å². The molecule has 0 aromatic rings. The van der Waals surface area contributed by atoms with Crippen LogP contribution in [0.5, 0.6) is 0 Å². The van der Waals surface area contributed by atoms with Crippen LogP contribution in [0.1, 0.15) is 0 Å². The first kappa shape index (κ1) is 10.3. The van der Waals surface area contributed by atoms with Gasteiger partial charge in [0.15, 0.2) is 10.1 Å². The molecule has 11 heavy (non-hydrogen) atoms. The van der Waals surface area contributed by atoms with Gasteiger partial charge in [-0.15, -0.1) is 0 Å². The van der Waals surface area contributed by atoms with Crippen LogP contribution < -0.4 is 0 Å². The lowest BCUT2D eigenvalue weighted by atomic mass is 10.5. The lowest BCUT2D eigenvalue weighted by Crippen LogP contribution is -2.05. The Morgan fingerprint density at radius 3 is 2.00 bits per heavy atom. The molecule has 0 aliphatic rings. The summed E-state index contributed by atoms with van der Waals surface area (Å²) in [5.41, 5.74) is 0. The van der Waals surface area contributed by atoms with E-state index in [1.807, 2.05) is 0 Å². The van der Waals surface area contributed by atoms with Gasteiger partial charge in [-0.2, -0.15) is 0 Å². The van der Waals surface area contributed by atoms with E-state index in [2.05, 4.69) is 4.74 Å². The van der Waals surface area contributed by atoms with Crippen LogP contribution in [0, 0.1) is 0 Å². The number of carbonyl (C=O) groups excluding carboxylic acids is 1. The van der Waals surface area contributed by atoms with Gasteiger partial charge in [0.2, 0.25) is 0 Å². The van der Waals surface area contributed by atoms with E-state index in [4.69, 9.17) is 28.3 Å². The van der Waals surface area contributed by atoms with Crippen molar-refractivity contribution in [3.63, 3.8) is 0 Å². The molecule has 6 heteroatoms. The molecule has 0 unspecified atom stereocenters. The van der Waals surface area contributed by atoms with Gasteiger partial charge in [-0.05, 0) is 0 Å². The van der Waals surface area contributed by atoms with Crippen molar-refractivity contribution in [2.75, 3.05) is 7.11 Å². The summed E-state index contributed by atoms with van der Waals surface area (Å²) in [5, 5.41) is 6.83. The molecular formula is C5H4Cl2O4. The zero-order valence-electron chi connectivity index (χ0n) is 5.43. The Kier molecular flexibility index (Phi) is 3.92. The van der Waals surface area contributed by atoms with E-state index in [0.717, 1.165) is 7.11 Å². The summed E-state index contributed by atoms with van der Waals surface area (Å²) >= 11 is 10.3. The smallest absolute Gasteiger partial charge is 0.351 e. The second kappa shape index (κ2) is 4.20. The van der Waals surface area contributed by atoms with Crippen molar-refractivity contribution in [2.45, 2.75) is 0 Å². The average Bonchev–Trinajstić information content (AvgIpc) is 2.00. The van der Waals surface area contributed by atoms with Crippen molar-refractivity contribution >= 4 is 35.1 Å². The number of esters is 1. The third-order valence-corrected chi connectivity index (χ3v) is 1.54. The fourth-order valence-corrected chi connectivity index (χ4v) is 0.508. The Hall–Kier alpha value is -0.740. The van der Waals surface area contributed by atoms with E-state index in [0.29, 0.717) is 0 Å². The molecule has 0 rings (SSSR count). The number of carboxylic acids is 1. The van der Waals surface area contributed by atoms with Crippen LogP contribution in [0.25, 0.3) is 0 Å². The number of rotatable bonds is 2. The maximum absolute atomic E-state index is 10.5. The second-order valence-electron chi connectivity index (χ2n) is 1.42. The van der Waals surface area contributed by atoms with Gasteiger partial charge in [-0.25, -0.2) is 9.59 Å². The van der Waals surface area contributed by atoms with Crippen LogP contribution in [0.2, 0.25) is 0 Å². The highest BCUT2D eigenvalue weighted by Crippen LogP contribution is 2.14. The average molecular weight is 199 g/mol. The minimum Gasteiger partial charge on any atom is -0.477 e. The Bertz CT molecular complexity index is 221. The molecule has 0 aromatic heterocycles. The highest BCUT2D eigenvalue weighted by Gasteiger charge is 2.16. The molecule has 0 aliphatic carbocycles. The first-order valence-electron chi connectivity index (χ1n) is 2.37. The van der Waals surface area contributed by atoms with Crippen LogP contribution in [-0.4, -0.2) is 24.2 Å². The SMILES string of the molecule is COC(=O)/C(Cl)=C(/Cl)C(=O)O. The topological polar surface area (TPSA) is 63.6 Å². The summed E-state index contributed by atoms with van der Waals surface area (Å²) in [5.74, 6) is -2.44. The Morgan fingerprint density at radius 2 is 1.73 bits per heavy atom. The molecular weight excluding hydrogens is 195 g/mol. The summed E-state index contributed by atoms with van der Waals surface area (Å²) in [6.45, 7) is 0. The molecule has 0 fully saturated rings. The minimum absolute atomic E-state index is 0.637. The van der Waals surface area contributed by atoms with Crippen LogP contribution >= 0.6 is 23.2 Å². The van der Waals surface area contributed by atoms with Gasteiger partial charge in [-0.3, -0.25) is 0 Å². The molecule has 0 aliphatic heterocycles. The predicted octanol–water partition coefficient (Wildman–Crippen LogP) is 0.933. The van der Waals surface area contributed by atoms with Gasteiger partial charge in [0.05, 0.1) is 7.11 Å². The van der Waals surface area contributed by atoms with Gasteiger partial charge < -0.3 is 9.84 Å². The van der Waals surface area contributed by atoms with Crippen molar-refractivity contribution in [3.8, 4) is 0 Å². The van der Waals surface area contributed by atoms with Gasteiger partial charge in [0.25, 0.3) is 0 Å². The number of hydrogen-bond acceptors (Lipinski definition) is 3. The van der Waals surface area contributed by atoms with Crippen LogP contribution in [0.4, 0.5) is 0 Å². The predicted molar refractivity (Wildman–Crippen MR) is 38.4 cm³/mol. The fourth-order valence-electron chi connectivity index (χ4n) is 0.273. The monoisotopic (exact) mass is 198 g/mol. The zero-order chi connectivity index (χ0) is 9.02. The molecule has 0 spiro atoms. The standard InChI is InChI=1S/C5H4Cl2O4/c1-11-5(10)3(7)2(6)4(8)9/h1H3,(H,8,9)/b3-2-. The molecule has 0 heterocycles. The maximum atomic E-state index is 10.5. The maximum Gasteiger partial charge on any atom is 0.351 e. The number of carboxylic acid groups (broad SMARTS) is 1. The molecule has 62 valence electrons. The third-order valence-electron chi connectivity index (χ3n) is 0.745. The number of methoxy groups -OCH3 is 1. The van der Waals surface area contributed by atoms with Crippen molar-refractivity contribution < 1.29 is 19.4 Å². The van der Waals surface area contributed by atoms with E-state index in [-0.39, 0.29) is 0 Å². The first-order chi connectivity index (χ1) is 5.00. The summed E-state index contributed by atoms with van der Waals surface area (Å²) in [6, 6.07) is 0. The van der Waals surface area contributed by atoms with Crippen molar-refractivity contribution in [2.24, 2.45) is 0 Å². The lowest BCUT2D eigenvalue weighted by molar-refractivity contribution is -0.137. The molecule has 4 nitrogen and oxygen atoms in total. The summed E-state index contributed by atoms with van der Waals surface area (Å²) < 4.78 is 4.11. The summed E-state index contributed by atoms with van der Waals surface area (Å²) in [7, 11) is 1.07. The number of halogens is 2. The highest BCUT2D eigenvalue weighted by molar-refractivity contribution is 6.52. The number of aliphatic carboxylic acids is 1. The van der Waals surface area contributed by atoms with Gasteiger partial charge >= 0.3 is 11.9 Å². The molecule has 0 saturated carbocycles. The highest BCUT2D eigenvalue weighted by atomic mass is 35.5. The molecule has 0 bridgehead atoms. The quantitative estimate of drug-likeness (QED) is 0.530. The number of hydrogen-bond donors (Lipinski definition) is 1. The fraction of sp³-hybridized carbons (Fsp3) is 0.200. The van der Waals surface area contributed by atoms with E-state index in [1.54, 1.807) is 0 Å². The second-order valence-corrected chi connectivity index (χ2v) is 2.18. The molecule has 1 N–H and O–H groups in total. The molecule has 0 atom stereocenters. The van der Waals surface area contributed by atoms with Gasteiger partial charge in [0.1, 0.15) is 0 Å². The van der Waals surface area contributed by atoms with E-state index in [1.165, 1.54) is 0 Å². The molecule has 0 amide bonds. The van der Waals surface area contributed by atoms with Crippen LogP contribution in [-0.2, 0) is 14.3 Å². The van der Waals surface area contributed by atoms with Crippen molar-refractivity contribution in [1.29, 1.82) is 0 Å². The largest absolute Gasteiger partial charge is 0.477 e. The Morgan fingerprint density at radius 1 is 1.27 bits per heavy atom. The van der Waals surface area contributed by atoms with E-state index < -0.39 is 22.0 Å². The summed E-state index contributed by atoms with van der Waals surface area (Å²) in [6.07, 6.45) is 0. The number of ether oxygens (including phenoxy) is 1. The lowest BCUT2D eigenvalue weighted by Gasteiger charge is -1.96. The summed E-state index contributed by atoms with van der Waals surface area (Å²) in [4.78, 5) is 20.6. The minimum atomic E-state index is -1.47. The number of carbonyl (C=O) groups is 2. The van der Waals surface area contributed by atoms with Crippen molar-refractivity contribution in [1.82, 2.24) is 0 Å². The third kappa shape index (κ3) is 2.78. The van der Waals surface area contributed by atoms with Gasteiger partial charge in [-0.1, -0.05) is 23.2 Å². The zero-order valence-corrected chi connectivity index (χ0v) is 6.94. The Balaban J connectivity index is 4.66. The molecule has 0 saturated heterocycles.